The highest BCUT2D eigenvalue weighted by molar-refractivity contribution is 7.07. The quantitative estimate of drug-likeness (QED) is 0.328. The number of rotatable bonds is 8. The van der Waals surface area contributed by atoms with Crippen molar-refractivity contribution in [1.29, 1.82) is 0 Å². The fourth-order valence-corrected chi connectivity index (χ4v) is 6.27. The van der Waals surface area contributed by atoms with E-state index in [-0.39, 0.29) is 17.0 Å². The average Bonchev–Trinajstić information content (AvgIpc) is 3.56. The predicted molar refractivity (Wildman–Crippen MR) is 161 cm³/mol. The number of ether oxygens (including phenoxy) is 1. The first-order valence-corrected chi connectivity index (χ1v) is 14.4. The van der Waals surface area contributed by atoms with E-state index in [2.05, 4.69) is 0 Å². The number of carbonyl (C=O) groups excluding carboxylic acids is 1. The first-order valence-electron chi connectivity index (χ1n) is 13.6. The number of furan rings is 1. The second kappa shape index (κ2) is 11.7. The van der Waals surface area contributed by atoms with Crippen molar-refractivity contribution in [2.24, 2.45) is 4.99 Å². The lowest BCUT2D eigenvalue weighted by Crippen LogP contribution is -2.43. The third-order valence-electron chi connectivity index (χ3n) is 7.38. The minimum absolute atomic E-state index is 0.175. The van der Waals surface area contributed by atoms with E-state index >= 15 is 0 Å². The van der Waals surface area contributed by atoms with Crippen LogP contribution in [0.4, 0.5) is 0 Å². The van der Waals surface area contributed by atoms with Crippen LogP contribution in [0.15, 0.2) is 80.1 Å². The van der Waals surface area contributed by atoms with Gasteiger partial charge in [0.1, 0.15) is 23.3 Å². The summed E-state index contributed by atoms with van der Waals surface area (Å²) >= 11 is 1.22. The number of methoxy groups -OCH3 is 1. The molecule has 0 bridgehead atoms. The molecule has 10 heteroatoms. The Bertz CT molecular complexity index is 1910. The van der Waals surface area contributed by atoms with Crippen LogP contribution in [0, 0.1) is 6.92 Å². The third kappa shape index (κ3) is 5.09. The fraction of sp³-hybridized carbons (Fsp3) is 0.250. The topological polar surface area (TPSA) is 114 Å². The average molecular weight is 586 g/mol. The zero-order valence-electron chi connectivity index (χ0n) is 24.0. The van der Waals surface area contributed by atoms with E-state index in [1.807, 2.05) is 45.0 Å². The molecular formula is C32H31N3O6S. The van der Waals surface area contributed by atoms with Gasteiger partial charge in [0.2, 0.25) is 0 Å². The van der Waals surface area contributed by atoms with E-state index in [4.69, 9.17) is 14.1 Å². The van der Waals surface area contributed by atoms with E-state index in [1.54, 1.807) is 53.8 Å². The van der Waals surface area contributed by atoms with Crippen LogP contribution in [0.5, 0.6) is 5.75 Å². The van der Waals surface area contributed by atoms with Crippen LogP contribution in [0.25, 0.3) is 17.4 Å². The molecule has 1 N–H and O–H groups in total. The van der Waals surface area contributed by atoms with Crippen LogP contribution in [0.3, 0.4) is 0 Å². The molecule has 0 aliphatic carbocycles. The first-order chi connectivity index (χ1) is 20.2. The summed E-state index contributed by atoms with van der Waals surface area (Å²) in [5.74, 6) is 0.408. The number of hydrogen-bond acceptors (Lipinski definition) is 7. The lowest BCUT2D eigenvalue weighted by Gasteiger charge is -2.29. The molecule has 5 rings (SSSR count). The Morgan fingerprint density at radius 1 is 1.12 bits per heavy atom. The lowest BCUT2D eigenvalue weighted by atomic mass is 9.94. The van der Waals surface area contributed by atoms with Gasteiger partial charge in [-0.15, -0.1) is 0 Å². The minimum Gasteiger partial charge on any atom is -0.496 e. The molecule has 1 aliphatic rings. The normalized spacial score (nSPS) is 14.9. The molecule has 0 saturated heterocycles. The molecule has 0 saturated carbocycles. The number of aromatic carboxylic acids is 1. The number of fused-ring (bicyclic) bond motifs is 1. The molecule has 1 amide bonds. The number of para-hydroxylation sites is 1. The van der Waals surface area contributed by atoms with Gasteiger partial charge >= 0.3 is 5.97 Å². The van der Waals surface area contributed by atoms with E-state index in [0.29, 0.717) is 56.5 Å². The van der Waals surface area contributed by atoms with Gasteiger partial charge in [0, 0.05) is 30.3 Å². The smallest absolute Gasteiger partial charge is 0.335 e. The maximum absolute atomic E-state index is 14.0. The number of carboxylic acids is 1. The zero-order valence-corrected chi connectivity index (χ0v) is 24.8. The second-order valence-electron chi connectivity index (χ2n) is 9.84. The number of allylic oxidation sites excluding steroid dienone is 1. The van der Waals surface area contributed by atoms with Gasteiger partial charge in [0.25, 0.3) is 11.5 Å². The van der Waals surface area contributed by atoms with Gasteiger partial charge in [-0.2, -0.15) is 0 Å². The van der Waals surface area contributed by atoms with Crippen molar-refractivity contribution in [3.05, 3.63) is 108 Å². The summed E-state index contributed by atoms with van der Waals surface area (Å²) < 4.78 is 13.7. The Morgan fingerprint density at radius 3 is 2.52 bits per heavy atom. The molecule has 9 nitrogen and oxygen atoms in total. The monoisotopic (exact) mass is 585 g/mol. The number of carbonyl (C=O) groups is 2. The molecule has 42 heavy (non-hydrogen) atoms. The molecular weight excluding hydrogens is 554 g/mol. The fourth-order valence-electron chi connectivity index (χ4n) is 5.24. The van der Waals surface area contributed by atoms with Crippen molar-refractivity contribution in [2.45, 2.75) is 33.7 Å². The number of likely N-dealkylation sites (N-methyl/N-ethyl adjacent to an activating group) is 1. The number of amides is 1. The van der Waals surface area contributed by atoms with Crippen LogP contribution < -0.4 is 19.6 Å². The third-order valence-corrected chi connectivity index (χ3v) is 8.36. The van der Waals surface area contributed by atoms with Gasteiger partial charge in [-0.25, -0.2) is 9.79 Å². The number of nitrogens with zero attached hydrogens (tertiary/aromatic N) is 3. The molecule has 2 aromatic carbocycles. The Kier molecular flexibility index (Phi) is 8.00. The number of benzene rings is 2. The van der Waals surface area contributed by atoms with E-state index in [0.717, 1.165) is 11.1 Å². The van der Waals surface area contributed by atoms with Crippen molar-refractivity contribution in [1.82, 2.24) is 9.47 Å². The highest BCUT2D eigenvalue weighted by atomic mass is 32.1. The number of thiazole rings is 1. The zero-order chi connectivity index (χ0) is 30.1. The summed E-state index contributed by atoms with van der Waals surface area (Å²) in [6, 6.07) is 15.0. The Balaban J connectivity index is 1.64. The molecule has 0 fully saturated rings. The Labute approximate surface area is 246 Å². The maximum atomic E-state index is 14.0. The van der Waals surface area contributed by atoms with E-state index in [1.165, 1.54) is 17.4 Å². The van der Waals surface area contributed by atoms with Gasteiger partial charge < -0.3 is 19.2 Å². The summed E-state index contributed by atoms with van der Waals surface area (Å²) in [5.41, 5.74) is 3.09. The van der Waals surface area contributed by atoms with E-state index in [9.17, 15) is 19.5 Å². The van der Waals surface area contributed by atoms with Gasteiger partial charge in [-0.1, -0.05) is 35.6 Å². The van der Waals surface area contributed by atoms with Gasteiger partial charge in [-0.3, -0.25) is 14.2 Å². The number of carboxylic acid groups (broad SMARTS) is 1. The largest absolute Gasteiger partial charge is 0.496 e. The summed E-state index contributed by atoms with van der Waals surface area (Å²) in [5, 5.41) is 9.27. The van der Waals surface area contributed by atoms with E-state index < -0.39 is 12.0 Å². The molecule has 0 spiro atoms. The maximum Gasteiger partial charge on any atom is 0.335 e. The molecule has 3 heterocycles. The van der Waals surface area contributed by atoms with Crippen LogP contribution >= 0.6 is 11.3 Å². The summed E-state index contributed by atoms with van der Waals surface area (Å²) in [6.07, 6.45) is 1.67. The number of aryl methyl sites for hydroxylation is 1. The molecule has 216 valence electrons. The van der Waals surface area contributed by atoms with Crippen molar-refractivity contribution in [2.75, 3.05) is 20.2 Å². The molecule has 0 unspecified atom stereocenters. The van der Waals surface area contributed by atoms with Crippen LogP contribution in [-0.4, -0.2) is 46.6 Å². The van der Waals surface area contributed by atoms with Gasteiger partial charge in [0.05, 0.1) is 28.5 Å². The highest BCUT2D eigenvalue weighted by Crippen LogP contribution is 2.36. The standard InChI is InChI=1S/C32H31N3O6S/c1-6-34(7-2)30(37)27-19(4)33-32-35(28(27)23-10-8-9-11-24(23)40-5)29(36)26(42-32)17-21-13-15-25(41-21)22-14-12-20(31(38)39)16-18(22)3/h8-17,28H,6-7H2,1-5H3,(H,38,39)/b26-17+/t28-/m0/s1. The number of hydrogen-bond donors (Lipinski definition) is 1. The second-order valence-corrected chi connectivity index (χ2v) is 10.8. The molecule has 4 aromatic rings. The summed E-state index contributed by atoms with van der Waals surface area (Å²) in [4.78, 5) is 46.0. The molecule has 1 atom stereocenters. The van der Waals surface area contributed by atoms with Gasteiger partial charge in [0.15, 0.2) is 4.80 Å². The van der Waals surface area contributed by atoms with Crippen LogP contribution in [0.2, 0.25) is 0 Å². The highest BCUT2D eigenvalue weighted by Gasteiger charge is 2.35. The molecule has 1 aliphatic heterocycles. The lowest BCUT2D eigenvalue weighted by molar-refractivity contribution is -0.127. The molecule has 2 aromatic heterocycles. The molecule has 0 radical (unpaired) electrons. The van der Waals surface area contributed by atoms with Crippen molar-refractivity contribution < 1.29 is 23.8 Å². The summed E-state index contributed by atoms with van der Waals surface area (Å²) in [6.45, 7) is 8.50. The van der Waals surface area contributed by atoms with Crippen molar-refractivity contribution in [3.63, 3.8) is 0 Å². The van der Waals surface area contributed by atoms with Crippen molar-refractivity contribution >= 4 is 29.3 Å². The Morgan fingerprint density at radius 2 is 1.86 bits per heavy atom. The summed E-state index contributed by atoms with van der Waals surface area (Å²) in [7, 11) is 1.57. The van der Waals surface area contributed by atoms with Gasteiger partial charge in [-0.05, 0) is 63.6 Å². The Hall–Kier alpha value is -4.70. The predicted octanol–water partition coefficient (Wildman–Crippen LogP) is 4.38. The minimum atomic E-state index is -0.997. The number of aromatic nitrogens is 1. The first kappa shape index (κ1) is 28.8. The van der Waals surface area contributed by atoms with Crippen molar-refractivity contribution in [3.8, 4) is 17.1 Å². The van der Waals surface area contributed by atoms with Crippen LogP contribution in [-0.2, 0) is 4.79 Å². The SMILES string of the molecule is CCN(CC)C(=O)C1=C(C)N=c2s/c(=C/c3ccc(-c4ccc(C(=O)O)cc4C)o3)c(=O)n2[C@H]1c1ccccc1OC. The van der Waals surface area contributed by atoms with Crippen LogP contribution in [0.1, 0.15) is 54.1 Å².